The van der Waals surface area contributed by atoms with E-state index in [4.69, 9.17) is 4.74 Å². The molecule has 0 aliphatic rings. The van der Waals surface area contributed by atoms with Gasteiger partial charge in [-0.25, -0.2) is 4.79 Å². The van der Waals surface area contributed by atoms with Crippen LogP contribution in [0.1, 0.15) is 58.8 Å². The van der Waals surface area contributed by atoms with E-state index in [1.54, 1.807) is 13.8 Å². The lowest BCUT2D eigenvalue weighted by Crippen LogP contribution is -2.33. The summed E-state index contributed by atoms with van der Waals surface area (Å²) in [6.07, 6.45) is 1.94. The average molecular weight is 266 g/mol. The highest BCUT2D eigenvalue weighted by molar-refractivity contribution is 6.00. The van der Waals surface area contributed by atoms with E-state index < -0.39 is 5.97 Å². The number of carbonyl (C=O) groups is 2. The number of methoxy groups -OCH3 is 1. The van der Waals surface area contributed by atoms with Crippen molar-refractivity contribution < 1.29 is 14.3 Å². The predicted molar refractivity (Wildman–Crippen MR) is 73.4 cm³/mol. The van der Waals surface area contributed by atoms with Crippen LogP contribution in [0.15, 0.2) is 0 Å². The molecule has 2 N–H and O–H groups in total. The van der Waals surface area contributed by atoms with Gasteiger partial charge in [-0.3, -0.25) is 4.79 Å². The number of nitrogens with one attached hydrogen (secondary N) is 2. The fourth-order valence-corrected chi connectivity index (χ4v) is 2.19. The van der Waals surface area contributed by atoms with Crippen molar-refractivity contribution in [1.29, 1.82) is 0 Å². The Morgan fingerprint density at radius 2 is 2.00 bits per heavy atom. The van der Waals surface area contributed by atoms with Crippen molar-refractivity contribution in [3.8, 4) is 0 Å². The lowest BCUT2D eigenvalue weighted by Gasteiger charge is -2.12. The van der Waals surface area contributed by atoms with Crippen LogP contribution in [0.4, 0.5) is 0 Å². The van der Waals surface area contributed by atoms with Crippen molar-refractivity contribution in [1.82, 2.24) is 10.3 Å². The molecule has 0 spiro atoms. The van der Waals surface area contributed by atoms with Crippen molar-refractivity contribution >= 4 is 11.9 Å². The Balaban J connectivity index is 2.96. The molecule has 0 radical (unpaired) electrons. The van der Waals surface area contributed by atoms with Gasteiger partial charge in [-0.05, 0) is 32.8 Å². The topological polar surface area (TPSA) is 71.2 Å². The summed E-state index contributed by atoms with van der Waals surface area (Å²) in [5, 5.41) is 2.91. The maximum absolute atomic E-state index is 12.1. The molecular weight excluding hydrogens is 244 g/mol. The third-order valence-corrected chi connectivity index (χ3v) is 3.15. The highest BCUT2D eigenvalue weighted by Crippen LogP contribution is 2.19. The van der Waals surface area contributed by atoms with Gasteiger partial charge in [-0.15, -0.1) is 0 Å². The molecule has 1 aromatic rings. The second-order valence-electron chi connectivity index (χ2n) is 4.78. The van der Waals surface area contributed by atoms with Crippen LogP contribution in [0.3, 0.4) is 0 Å². The number of amides is 1. The molecule has 1 heterocycles. The standard InChI is InChI=1S/C14H22N2O3/c1-6-7-8(2)15-13(17)12-9(3)11(10(4)16-12)14(18)19-5/h8,16H,6-7H2,1-5H3,(H,15,17). The Hall–Kier alpha value is -1.78. The molecule has 0 saturated heterocycles. The van der Waals surface area contributed by atoms with Crippen molar-refractivity contribution in [2.24, 2.45) is 0 Å². The number of ether oxygens (including phenoxy) is 1. The lowest BCUT2D eigenvalue weighted by atomic mass is 10.1. The van der Waals surface area contributed by atoms with Gasteiger partial charge in [-0.2, -0.15) is 0 Å². The number of rotatable bonds is 5. The number of H-pyrrole nitrogens is 1. The lowest BCUT2D eigenvalue weighted by molar-refractivity contribution is 0.0599. The third-order valence-electron chi connectivity index (χ3n) is 3.15. The molecule has 19 heavy (non-hydrogen) atoms. The van der Waals surface area contributed by atoms with Crippen molar-refractivity contribution in [2.75, 3.05) is 7.11 Å². The smallest absolute Gasteiger partial charge is 0.339 e. The summed E-state index contributed by atoms with van der Waals surface area (Å²) >= 11 is 0. The van der Waals surface area contributed by atoms with Crippen molar-refractivity contribution in [3.63, 3.8) is 0 Å². The summed E-state index contributed by atoms with van der Waals surface area (Å²) in [6.45, 7) is 7.54. The molecule has 1 aromatic heterocycles. The number of hydrogen-bond acceptors (Lipinski definition) is 3. The summed E-state index contributed by atoms with van der Waals surface area (Å²) in [5.41, 5.74) is 2.15. The van der Waals surface area contributed by atoms with E-state index in [9.17, 15) is 9.59 Å². The van der Waals surface area contributed by atoms with Crippen LogP contribution in [0.5, 0.6) is 0 Å². The maximum atomic E-state index is 12.1. The fourth-order valence-electron chi connectivity index (χ4n) is 2.19. The minimum atomic E-state index is -0.424. The molecule has 0 bridgehead atoms. The number of carbonyl (C=O) groups excluding carboxylic acids is 2. The molecule has 1 atom stereocenters. The van der Waals surface area contributed by atoms with Crippen molar-refractivity contribution in [2.45, 2.75) is 46.6 Å². The Morgan fingerprint density at radius 3 is 2.53 bits per heavy atom. The van der Waals surface area contributed by atoms with Gasteiger partial charge < -0.3 is 15.0 Å². The van der Waals surface area contributed by atoms with E-state index in [0.717, 1.165) is 12.8 Å². The van der Waals surface area contributed by atoms with E-state index in [2.05, 4.69) is 17.2 Å². The normalized spacial score (nSPS) is 12.1. The second-order valence-corrected chi connectivity index (χ2v) is 4.78. The van der Waals surface area contributed by atoms with Gasteiger partial charge in [0.2, 0.25) is 0 Å². The summed E-state index contributed by atoms with van der Waals surface area (Å²) in [5.74, 6) is -0.608. The number of aryl methyl sites for hydroxylation is 1. The maximum Gasteiger partial charge on any atom is 0.339 e. The Labute approximate surface area is 113 Å². The molecule has 0 aliphatic carbocycles. The van der Waals surface area contributed by atoms with Gasteiger partial charge in [0.25, 0.3) is 5.91 Å². The third kappa shape index (κ3) is 3.36. The Bertz CT molecular complexity index is 477. The molecule has 1 amide bonds. The van der Waals surface area contributed by atoms with Gasteiger partial charge in [0.15, 0.2) is 0 Å². The first-order chi connectivity index (χ1) is 8.92. The van der Waals surface area contributed by atoms with Crippen LogP contribution in [0.2, 0.25) is 0 Å². The van der Waals surface area contributed by atoms with E-state index in [0.29, 0.717) is 22.5 Å². The number of aromatic nitrogens is 1. The minimum absolute atomic E-state index is 0.113. The summed E-state index contributed by atoms with van der Waals surface area (Å²) < 4.78 is 4.72. The SMILES string of the molecule is CCCC(C)NC(=O)c1[nH]c(C)c(C(=O)OC)c1C. The highest BCUT2D eigenvalue weighted by atomic mass is 16.5. The van der Waals surface area contributed by atoms with Gasteiger partial charge >= 0.3 is 5.97 Å². The Morgan fingerprint density at radius 1 is 1.37 bits per heavy atom. The summed E-state index contributed by atoms with van der Waals surface area (Å²) in [4.78, 5) is 26.7. The van der Waals surface area contributed by atoms with Crippen LogP contribution in [0, 0.1) is 13.8 Å². The van der Waals surface area contributed by atoms with Gasteiger partial charge in [0.1, 0.15) is 5.69 Å². The van der Waals surface area contributed by atoms with E-state index >= 15 is 0 Å². The molecule has 0 fully saturated rings. The van der Waals surface area contributed by atoms with Crippen LogP contribution < -0.4 is 5.32 Å². The highest BCUT2D eigenvalue weighted by Gasteiger charge is 2.22. The van der Waals surface area contributed by atoms with E-state index in [-0.39, 0.29) is 11.9 Å². The van der Waals surface area contributed by atoms with Crippen LogP contribution >= 0.6 is 0 Å². The van der Waals surface area contributed by atoms with Crippen LogP contribution in [-0.2, 0) is 4.74 Å². The zero-order chi connectivity index (χ0) is 14.6. The number of esters is 1. The summed E-state index contributed by atoms with van der Waals surface area (Å²) in [6, 6.07) is 0.113. The predicted octanol–water partition coefficient (Wildman–Crippen LogP) is 2.34. The van der Waals surface area contributed by atoms with E-state index in [1.807, 2.05) is 6.92 Å². The molecule has 5 heteroatoms. The molecular formula is C14H22N2O3. The number of hydrogen-bond donors (Lipinski definition) is 2. The second kappa shape index (κ2) is 6.41. The quantitative estimate of drug-likeness (QED) is 0.803. The van der Waals surface area contributed by atoms with Gasteiger partial charge in [0, 0.05) is 11.7 Å². The van der Waals surface area contributed by atoms with Crippen LogP contribution in [-0.4, -0.2) is 30.0 Å². The first-order valence-corrected chi connectivity index (χ1v) is 6.50. The molecule has 106 valence electrons. The molecule has 1 unspecified atom stereocenters. The van der Waals surface area contributed by atoms with Crippen LogP contribution in [0.25, 0.3) is 0 Å². The average Bonchev–Trinajstić information content (AvgIpc) is 2.64. The molecule has 1 rings (SSSR count). The molecule has 0 saturated carbocycles. The fraction of sp³-hybridized carbons (Fsp3) is 0.571. The molecule has 0 aromatic carbocycles. The van der Waals surface area contributed by atoms with Gasteiger partial charge in [0.05, 0.1) is 12.7 Å². The zero-order valence-corrected chi connectivity index (χ0v) is 12.2. The van der Waals surface area contributed by atoms with Crippen molar-refractivity contribution in [3.05, 3.63) is 22.5 Å². The first kappa shape index (κ1) is 15.3. The molecule has 5 nitrogen and oxygen atoms in total. The minimum Gasteiger partial charge on any atom is -0.465 e. The largest absolute Gasteiger partial charge is 0.465 e. The zero-order valence-electron chi connectivity index (χ0n) is 12.2. The van der Waals surface area contributed by atoms with Gasteiger partial charge in [-0.1, -0.05) is 13.3 Å². The number of aromatic amines is 1. The molecule has 0 aliphatic heterocycles. The summed E-state index contributed by atoms with van der Waals surface area (Å²) in [7, 11) is 1.33. The van der Waals surface area contributed by atoms with E-state index in [1.165, 1.54) is 7.11 Å². The first-order valence-electron chi connectivity index (χ1n) is 6.50. The Kier molecular flexibility index (Phi) is 5.15. The monoisotopic (exact) mass is 266 g/mol.